The number of nitrogens with one attached hydrogen (secondary N) is 1. The third-order valence-corrected chi connectivity index (χ3v) is 2.48. The van der Waals surface area contributed by atoms with Crippen molar-refractivity contribution >= 4 is 23.4 Å². The molecule has 1 aromatic rings. The number of amidine groups is 1. The molecule has 1 aliphatic heterocycles. The minimum atomic E-state index is -0.842. The topological polar surface area (TPSA) is 113 Å². The van der Waals surface area contributed by atoms with Crippen LogP contribution in [0.3, 0.4) is 0 Å². The van der Waals surface area contributed by atoms with Crippen LogP contribution in [0.1, 0.15) is 6.92 Å². The Kier molecular flexibility index (Phi) is 3.88. The van der Waals surface area contributed by atoms with Crippen molar-refractivity contribution in [1.82, 2.24) is 5.01 Å². The molecule has 0 bridgehead atoms. The van der Waals surface area contributed by atoms with E-state index in [9.17, 15) is 0 Å². The van der Waals surface area contributed by atoms with Gasteiger partial charge in [-0.05, 0) is 31.2 Å². The molecule has 7 nitrogen and oxygen atoms in total. The van der Waals surface area contributed by atoms with Crippen LogP contribution in [0.5, 0.6) is 5.75 Å². The second-order valence-electron chi connectivity index (χ2n) is 3.88. The van der Waals surface area contributed by atoms with E-state index in [1.807, 2.05) is 6.92 Å². The molecule has 0 unspecified atom stereocenters. The van der Waals surface area contributed by atoms with Crippen molar-refractivity contribution in [2.24, 2.45) is 21.6 Å². The molecule has 0 aliphatic carbocycles. The molecule has 0 saturated carbocycles. The highest BCUT2D eigenvalue weighted by Crippen LogP contribution is 2.19. The van der Waals surface area contributed by atoms with Gasteiger partial charge >= 0.3 is 0 Å². The second-order valence-corrected chi connectivity index (χ2v) is 3.88. The Bertz CT molecular complexity index is 520. The molecule has 0 aromatic heterocycles. The van der Waals surface area contributed by atoms with E-state index in [0.29, 0.717) is 29.5 Å². The lowest BCUT2D eigenvalue weighted by Gasteiger charge is -2.10. The van der Waals surface area contributed by atoms with Gasteiger partial charge in [-0.1, -0.05) is 0 Å². The van der Waals surface area contributed by atoms with Gasteiger partial charge < -0.3 is 4.74 Å². The fourth-order valence-corrected chi connectivity index (χ4v) is 1.59. The zero-order valence-electron chi connectivity index (χ0n) is 10.6. The normalized spacial score (nSPS) is 16.7. The standard InChI is InChI=1S/C12H16N6O/c1-2-18-11(13)10(7-16-18)17-8-3-5-9(6-4-8)19-12(14)15/h3-7,12-13H,2,14-15H2,1H3. The van der Waals surface area contributed by atoms with E-state index in [-0.39, 0.29) is 0 Å². The zero-order chi connectivity index (χ0) is 13.8. The summed E-state index contributed by atoms with van der Waals surface area (Å²) in [4.78, 5) is 4.34. The van der Waals surface area contributed by atoms with Crippen LogP contribution in [0.25, 0.3) is 0 Å². The lowest BCUT2D eigenvalue weighted by atomic mass is 10.3. The van der Waals surface area contributed by atoms with Crippen molar-refractivity contribution in [1.29, 1.82) is 5.41 Å². The van der Waals surface area contributed by atoms with Crippen LogP contribution < -0.4 is 16.2 Å². The Morgan fingerprint density at radius 1 is 1.37 bits per heavy atom. The fraction of sp³-hybridized carbons (Fsp3) is 0.250. The first-order chi connectivity index (χ1) is 9.10. The predicted octanol–water partition coefficient (Wildman–Crippen LogP) is 0.637. The van der Waals surface area contributed by atoms with Crippen molar-refractivity contribution in [3.05, 3.63) is 24.3 Å². The highest BCUT2D eigenvalue weighted by atomic mass is 16.5. The second kappa shape index (κ2) is 5.59. The molecule has 0 fully saturated rings. The fourth-order valence-electron chi connectivity index (χ4n) is 1.59. The number of hydrazone groups is 1. The Balaban J connectivity index is 2.12. The molecule has 0 saturated heterocycles. The molecule has 1 aromatic carbocycles. The Morgan fingerprint density at radius 2 is 2.05 bits per heavy atom. The van der Waals surface area contributed by atoms with Gasteiger partial charge in [-0.25, -0.2) is 10.0 Å². The summed E-state index contributed by atoms with van der Waals surface area (Å²) >= 11 is 0. The van der Waals surface area contributed by atoms with Gasteiger partial charge in [0.2, 0.25) is 6.35 Å². The average molecular weight is 260 g/mol. The molecule has 19 heavy (non-hydrogen) atoms. The van der Waals surface area contributed by atoms with Crippen LogP contribution in [0.2, 0.25) is 0 Å². The average Bonchev–Trinajstić information content (AvgIpc) is 2.72. The van der Waals surface area contributed by atoms with E-state index in [1.54, 1.807) is 35.5 Å². The quantitative estimate of drug-likeness (QED) is 0.689. The summed E-state index contributed by atoms with van der Waals surface area (Å²) < 4.78 is 5.13. The Hall–Kier alpha value is -2.25. The third-order valence-electron chi connectivity index (χ3n) is 2.48. The van der Waals surface area contributed by atoms with Crippen LogP contribution in [0, 0.1) is 5.41 Å². The van der Waals surface area contributed by atoms with Gasteiger partial charge in [-0.3, -0.25) is 16.9 Å². The number of nitrogens with two attached hydrogens (primary N) is 2. The lowest BCUT2D eigenvalue weighted by molar-refractivity contribution is 0.217. The van der Waals surface area contributed by atoms with Crippen LogP contribution in [0.4, 0.5) is 5.69 Å². The third kappa shape index (κ3) is 3.15. The van der Waals surface area contributed by atoms with E-state index in [0.717, 1.165) is 0 Å². The summed E-state index contributed by atoms with van der Waals surface area (Å²) in [6.45, 7) is 2.58. The summed E-state index contributed by atoms with van der Waals surface area (Å²) in [5, 5.41) is 13.5. The number of nitrogens with zero attached hydrogens (tertiary/aromatic N) is 3. The van der Waals surface area contributed by atoms with Gasteiger partial charge in [0.25, 0.3) is 0 Å². The molecule has 0 atom stereocenters. The summed E-state index contributed by atoms with van der Waals surface area (Å²) in [5.74, 6) is 0.871. The van der Waals surface area contributed by atoms with Gasteiger partial charge in [0.15, 0.2) is 5.84 Å². The number of benzene rings is 1. The van der Waals surface area contributed by atoms with Crippen LogP contribution in [-0.2, 0) is 0 Å². The maximum atomic E-state index is 7.86. The van der Waals surface area contributed by atoms with Crippen LogP contribution >= 0.6 is 0 Å². The molecule has 100 valence electrons. The van der Waals surface area contributed by atoms with Gasteiger partial charge in [-0.15, -0.1) is 0 Å². The van der Waals surface area contributed by atoms with Crippen molar-refractivity contribution in [2.75, 3.05) is 6.54 Å². The van der Waals surface area contributed by atoms with Gasteiger partial charge in [0.05, 0.1) is 11.9 Å². The highest BCUT2D eigenvalue weighted by Gasteiger charge is 2.18. The van der Waals surface area contributed by atoms with E-state index >= 15 is 0 Å². The maximum Gasteiger partial charge on any atom is 0.201 e. The molecule has 5 N–H and O–H groups in total. The number of rotatable bonds is 4. The number of ether oxygens (including phenoxy) is 1. The summed E-state index contributed by atoms with van der Waals surface area (Å²) in [6, 6.07) is 6.97. The predicted molar refractivity (Wildman–Crippen MR) is 74.9 cm³/mol. The molecule has 0 amide bonds. The van der Waals surface area contributed by atoms with E-state index < -0.39 is 6.35 Å². The number of hydrogen-bond donors (Lipinski definition) is 3. The number of aliphatic imine (C=N–C) groups is 1. The minimum Gasteiger partial charge on any atom is -0.463 e. The van der Waals surface area contributed by atoms with E-state index in [2.05, 4.69) is 10.1 Å². The highest BCUT2D eigenvalue weighted by molar-refractivity contribution is 6.63. The monoisotopic (exact) mass is 260 g/mol. The van der Waals surface area contributed by atoms with E-state index in [1.165, 1.54) is 0 Å². The first-order valence-electron chi connectivity index (χ1n) is 5.87. The van der Waals surface area contributed by atoms with Gasteiger partial charge in [0.1, 0.15) is 11.5 Å². The Morgan fingerprint density at radius 3 is 2.58 bits per heavy atom. The number of hydrogen-bond acceptors (Lipinski definition) is 6. The van der Waals surface area contributed by atoms with E-state index in [4.69, 9.17) is 21.6 Å². The largest absolute Gasteiger partial charge is 0.463 e. The first kappa shape index (κ1) is 13.2. The van der Waals surface area contributed by atoms with Crippen molar-refractivity contribution in [2.45, 2.75) is 13.3 Å². The molecule has 7 heteroatoms. The first-order valence-corrected chi connectivity index (χ1v) is 5.87. The molecule has 2 rings (SSSR count). The van der Waals surface area contributed by atoms with Gasteiger partial charge in [0, 0.05) is 6.54 Å². The molecule has 1 aliphatic rings. The summed E-state index contributed by atoms with van der Waals surface area (Å²) in [5.41, 5.74) is 11.9. The SMILES string of the molecule is CCN1N=CC(=Nc2ccc(OC(N)N)cc2)C1=N. The van der Waals surface area contributed by atoms with Crippen molar-refractivity contribution < 1.29 is 4.74 Å². The smallest absolute Gasteiger partial charge is 0.201 e. The minimum absolute atomic E-state index is 0.298. The van der Waals surface area contributed by atoms with Gasteiger partial charge in [-0.2, -0.15) is 5.10 Å². The van der Waals surface area contributed by atoms with Crippen molar-refractivity contribution in [3.8, 4) is 5.75 Å². The maximum absolute atomic E-state index is 7.86. The van der Waals surface area contributed by atoms with Crippen LogP contribution in [0.15, 0.2) is 34.4 Å². The molecular weight excluding hydrogens is 244 g/mol. The summed E-state index contributed by atoms with van der Waals surface area (Å²) in [7, 11) is 0. The zero-order valence-corrected chi connectivity index (χ0v) is 10.6. The molecule has 1 heterocycles. The molecule has 0 spiro atoms. The lowest BCUT2D eigenvalue weighted by Crippen LogP contribution is -2.36. The molecule has 0 radical (unpaired) electrons. The molecular formula is C12H16N6O. The van der Waals surface area contributed by atoms with Crippen LogP contribution in [-0.4, -0.2) is 35.7 Å². The van der Waals surface area contributed by atoms with Crippen molar-refractivity contribution in [3.63, 3.8) is 0 Å². The summed E-state index contributed by atoms with van der Waals surface area (Å²) in [6.07, 6.45) is 0.733. The Labute approximate surface area is 111 Å².